The van der Waals surface area contributed by atoms with Crippen molar-refractivity contribution in [3.05, 3.63) is 34.2 Å². The molecule has 0 unspecified atom stereocenters. The van der Waals surface area contributed by atoms with Crippen LogP contribution in [-0.4, -0.2) is 17.4 Å². The third kappa shape index (κ3) is 3.88. The first kappa shape index (κ1) is 12.5. The highest BCUT2D eigenvalue weighted by molar-refractivity contribution is 5.93. The molecule has 0 fully saturated rings. The molecule has 0 aliphatic carbocycles. The van der Waals surface area contributed by atoms with Gasteiger partial charge in [0.15, 0.2) is 0 Å². The Morgan fingerprint density at radius 1 is 1.50 bits per heavy atom. The smallest absolute Gasteiger partial charge is 0.260 e. The fraction of sp³-hybridized carbons (Fsp3) is 0.500. The van der Waals surface area contributed by atoms with Crippen molar-refractivity contribution in [3.8, 4) is 0 Å². The van der Waals surface area contributed by atoms with Crippen LogP contribution < -0.4 is 10.9 Å². The highest BCUT2D eigenvalue weighted by atomic mass is 16.2. The third-order valence-corrected chi connectivity index (χ3v) is 2.31. The zero-order valence-electron chi connectivity index (χ0n) is 9.75. The van der Waals surface area contributed by atoms with E-state index < -0.39 is 0 Å². The Kier molecular flexibility index (Phi) is 4.76. The number of hydrogen-bond acceptors (Lipinski definition) is 2. The number of nitrogens with one attached hydrogen (secondary N) is 2. The number of carbonyl (C=O) groups is 1. The lowest BCUT2D eigenvalue weighted by atomic mass is 10.1. The van der Waals surface area contributed by atoms with Crippen molar-refractivity contribution in [1.82, 2.24) is 10.3 Å². The van der Waals surface area contributed by atoms with E-state index in [1.807, 2.05) is 0 Å². The second-order valence-electron chi connectivity index (χ2n) is 4.20. The van der Waals surface area contributed by atoms with Gasteiger partial charge in [-0.1, -0.05) is 13.8 Å². The zero-order valence-corrected chi connectivity index (χ0v) is 9.75. The molecule has 0 aliphatic rings. The number of H-pyrrole nitrogens is 1. The topological polar surface area (TPSA) is 62.0 Å². The van der Waals surface area contributed by atoms with Crippen molar-refractivity contribution in [3.63, 3.8) is 0 Å². The van der Waals surface area contributed by atoms with Gasteiger partial charge in [-0.25, -0.2) is 0 Å². The molecule has 1 rings (SSSR count). The molecule has 0 aromatic carbocycles. The summed E-state index contributed by atoms with van der Waals surface area (Å²) in [6.07, 6.45) is 3.53. The molecule has 4 heteroatoms. The molecule has 16 heavy (non-hydrogen) atoms. The number of rotatable bonds is 5. The molecule has 0 saturated carbocycles. The van der Waals surface area contributed by atoms with Crippen LogP contribution in [0.15, 0.2) is 23.1 Å². The largest absolute Gasteiger partial charge is 0.352 e. The van der Waals surface area contributed by atoms with E-state index in [1.54, 1.807) is 6.07 Å². The number of hydrogen-bond donors (Lipinski definition) is 2. The molecule has 1 aromatic rings. The number of aromatic amines is 1. The van der Waals surface area contributed by atoms with Crippen molar-refractivity contribution < 1.29 is 4.79 Å². The molecule has 88 valence electrons. The molecule has 1 amide bonds. The lowest BCUT2D eigenvalue weighted by Crippen LogP contribution is -2.30. The Morgan fingerprint density at radius 3 is 2.88 bits per heavy atom. The van der Waals surface area contributed by atoms with E-state index in [0.717, 1.165) is 12.8 Å². The predicted octanol–water partition coefficient (Wildman–Crippen LogP) is 1.54. The Morgan fingerprint density at radius 2 is 2.25 bits per heavy atom. The fourth-order valence-corrected chi connectivity index (χ4v) is 1.41. The molecule has 4 nitrogen and oxygen atoms in total. The molecule has 2 N–H and O–H groups in total. The molecule has 0 spiro atoms. The van der Waals surface area contributed by atoms with Gasteiger partial charge in [0.25, 0.3) is 11.5 Å². The lowest BCUT2D eigenvalue weighted by Gasteiger charge is -2.06. The summed E-state index contributed by atoms with van der Waals surface area (Å²) in [5.74, 6) is 0.336. The van der Waals surface area contributed by atoms with Crippen LogP contribution in [0.3, 0.4) is 0 Å². The molecule has 0 atom stereocenters. The van der Waals surface area contributed by atoms with Crippen LogP contribution in [0, 0.1) is 5.92 Å². The van der Waals surface area contributed by atoms with Gasteiger partial charge in [0.2, 0.25) is 0 Å². The third-order valence-electron chi connectivity index (χ3n) is 2.31. The summed E-state index contributed by atoms with van der Waals surface area (Å²) in [4.78, 5) is 25.3. The molecule has 0 radical (unpaired) electrons. The SMILES string of the molecule is CC(C)CCCNC(=O)c1ccc[nH]c1=O. The van der Waals surface area contributed by atoms with E-state index in [-0.39, 0.29) is 17.0 Å². The Labute approximate surface area is 95.1 Å². The first-order valence-electron chi connectivity index (χ1n) is 5.57. The predicted molar refractivity (Wildman–Crippen MR) is 63.5 cm³/mol. The van der Waals surface area contributed by atoms with Crippen molar-refractivity contribution in [2.45, 2.75) is 26.7 Å². The van der Waals surface area contributed by atoms with E-state index in [1.165, 1.54) is 12.3 Å². The minimum absolute atomic E-state index is 0.173. The Hall–Kier alpha value is -1.58. The number of carbonyl (C=O) groups excluding carboxylic acids is 1. The minimum atomic E-state index is -0.344. The quantitative estimate of drug-likeness (QED) is 0.742. The average molecular weight is 222 g/mol. The Balaban J connectivity index is 2.42. The standard InChI is InChI=1S/C12H18N2O2/c1-9(2)5-3-7-13-11(15)10-6-4-8-14-12(10)16/h4,6,8-9H,3,5,7H2,1-2H3,(H,13,15)(H,14,16). The van der Waals surface area contributed by atoms with Crippen LogP contribution >= 0.6 is 0 Å². The van der Waals surface area contributed by atoms with Crippen molar-refractivity contribution in [1.29, 1.82) is 0 Å². The molecular formula is C12H18N2O2. The van der Waals surface area contributed by atoms with Gasteiger partial charge in [-0.05, 0) is 30.9 Å². The van der Waals surface area contributed by atoms with Gasteiger partial charge in [-0.15, -0.1) is 0 Å². The maximum absolute atomic E-state index is 11.6. The zero-order chi connectivity index (χ0) is 12.0. The summed E-state index contributed by atoms with van der Waals surface area (Å²) in [7, 11) is 0. The first-order chi connectivity index (χ1) is 7.61. The highest BCUT2D eigenvalue weighted by Gasteiger charge is 2.08. The molecule has 0 aliphatic heterocycles. The van der Waals surface area contributed by atoms with E-state index >= 15 is 0 Å². The normalized spacial score (nSPS) is 10.4. The van der Waals surface area contributed by atoms with Crippen molar-refractivity contribution in [2.75, 3.05) is 6.54 Å². The summed E-state index contributed by atoms with van der Waals surface area (Å²) in [5.41, 5.74) is -0.170. The number of aromatic nitrogens is 1. The van der Waals surface area contributed by atoms with E-state index in [9.17, 15) is 9.59 Å². The molecular weight excluding hydrogens is 204 g/mol. The fourth-order valence-electron chi connectivity index (χ4n) is 1.41. The maximum Gasteiger partial charge on any atom is 0.260 e. The van der Waals surface area contributed by atoms with Gasteiger partial charge < -0.3 is 10.3 Å². The minimum Gasteiger partial charge on any atom is -0.352 e. The number of amides is 1. The molecule has 0 bridgehead atoms. The van der Waals surface area contributed by atoms with Gasteiger partial charge in [0.1, 0.15) is 5.56 Å². The van der Waals surface area contributed by atoms with E-state index in [4.69, 9.17) is 0 Å². The van der Waals surface area contributed by atoms with Crippen LogP contribution in [0.4, 0.5) is 0 Å². The van der Waals surface area contributed by atoms with E-state index in [2.05, 4.69) is 24.1 Å². The van der Waals surface area contributed by atoms with Gasteiger partial charge in [-0.2, -0.15) is 0 Å². The second kappa shape index (κ2) is 6.10. The lowest BCUT2D eigenvalue weighted by molar-refractivity contribution is 0.0951. The van der Waals surface area contributed by atoms with E-state index in [0.29, 0.717) is 12.5 Å². The summed E-state index contributed by atoms with van der Waals surface area (Å²) >= 11 is 0. The van der Waals surface area contributed by atoms with Crippen molar-refractivity contribution >= 4 is 5.91 Å². The van der Waals surface area contributed by atoms with Crippen LogP contribution in [0.5, 0.6) is 0 Å². The van der Waals surface area contributed by atoms with Gasteiger partial charge in [-0.3, -0.25) is 9.59 Å². The van der Waals surface area contributed by atoms with Crippen LogP contribution in [0.1, 0.15) is 37.0 Å². The monoisotopic (exact) mass is 222 g/mol. The summed E-state index contributed by atoms with van der Waals surface area (Å²) < 4.78 is 0. The van der Waals surface area contributed by atoms with Crippen LogP contribution in [0.2, 0.25) is 0 Å². The van der Waals surface area contributed by atoms with Crippen LogP contribution in [-0.2, 0) is 0 Å². The average Bonchev–Trinajstić information content (AvgIpc) is 2.24. The second-order valence-corrected chi connectivity index (χ2v) is 4.20. The maximum atomic E-state index is 11.6. The van der Waals surface area contributed by atoms with Gasteiger partial charge in [0.05, 0.1) is 0 Å². The van der Waals surface area contributed by atoms with Crippen LogP contribution in [0.25, 0.3) is 0 Å². The first-order valence-corrected chi connectivity index (χ1v) is 5.57. The summed E-state index contributed by atoms with van der Waals surface area (Å²) in [6.45, 7) is 4.90. The highest BCUT2D eigenvalue weighted by Crippen LogP contribution is 2.01. The summed E-state index contributed by atoms with van der Waals surface area (Å²) in [5, 5.41) is 2.74. The number of pyridine rings is 1. The van der Waals surface area contributed by atoms with Gasteiger partial charge >= 0.3 is 0 Å². The van der Waals surface area contributed by atoms with Crippen molar-refractivity contribution in [2.24, 2.45) is 5.92 Å². The molecule has 0 saturated heterocycles. The Bertz CT molecular complexity index is 396. The summed E-state index contributed by atoms with van der Waals surface area (Å²) in [6, 6.07) is 3.17. The van der Waals surface area contributed by atoms with Gasteiger partial charge in [0, 0.05) is 12.7 Å². The molecule has 1 heterocycles. The molecule has 1 aromatic heterocycles.